The van der Waals surface area contributed by atoms with Crippen LogP contribution in [0.4, 0.5) is 0 Å². The molecule has 0 aromatic carbocycles. The van der Waals surface area contributed by atoms with E-state index in [4.69, 9.17) is 0 Å². The fourth-order valence-corrected chi connectivity index (χ4v) is 4.83. The van der Waals surface area contributed by atoms with Gasteiger partial charge in [-0.15, -0.1) is 8.58 Å². The highest BCUT2D eigenvalue weighted by atomic mass is 31.1. The van der Waals surface area contributed by atoms with Gasteiger partial charge in [0.15, 0.2) is 0 Å². The average molecular weight is 270 g/mol. The minimum atomic E-state index is 0.846. The fourth-order valence-electron chi connectivity index (χ4n) is 3.16. The first-order chi connectivity index (χ1) is 8.83. The van der Waals surface area contributed by atoms with E-state index in [1.807, 2.05) is 0 Å². The van der Waals surface area contributed by atoms with E-state index in [9.17, 15) is 0 Å². The first-order valence-corrected chi connectivity index (χ1v) is 9.79. The second-order valence-corrected chi connectivity index (χ2v) is 8.20. The molecule has 0 aromatic heterocycles. The lowest BCUT2D eigenvalue weighted by atomic mass is 9.90. The van der Waals surface area contributed by atoms with Crippen LogP contribution in [0.2, 0.25) is 0 Å². The molecular weight excluding hydrogens is 235 g/mol. The van der Waals surface area contributed by atoms with Gasteiger partial charge in [0, 0.05) is 0 Å². The van der Waals surface area contributed by atoms with Gasteiger partial charge in [-0.1, -0.05) is 78.1 Å². The molecule has 2 atom stereocenters. The highest BCUT2D eigenvalue weighted by Crippen LogP contribution is 2.53. The second kappa shape index (κ2) is 10.2. The average Bonchev–Trinajstić information content (AvgIpc) is 2.34. The zero-order valence-corrected chi connectivity index (χ0v) is 13.9. The highest BCUT2D eigenvalue weighted by molar-refractivity contribution is 7.42. The molecule has 1 aliphatic rings. The first-order valence-electron chi connectivity index (χ1n) is 8.58. The van der Waals surface area contributed by atoms with Gasteiger partial charge in [0.2, 0.25) is 0 Å². The van der Waals surface area contributed by atoms with Crippen molar-refractivity contribution in [2.45, 2.75) is 102 Å². The van der Waals surface area contributed by atoms with Crippen LogP contribution in [-0.2, 0) is 0 Å². The Balaban J connectivity index is 2.01. The molecule has 0 bridgehead atoms. The predicted molar refractivity (Wildman–Crippen MR) is 87.3 cm³/mol. The first kappa shape index (κ1) is 16.5. The largest absolute Gasteiger partial charge is 0.116 e. The van der Waals surface area contributed by atoms with Crippen LogP contribution < -0.4 is 0 Å². The smallest absolute Gasteiger partial charge is 0.0119 e. The number of hydrogen-bond acceptors (Lipinski definition) is 0. The van der Waals surface area contributed by atoms with Gasteiger partial charge in [-0.3, -0.25) is 0 Å². The molecular formula is C17H35P. The summed E-state index contributed by atoms with van der Waals surface area (Å²) in [5.74, 6) is 0. The van der Waals surface area contributed by atoms with Crippen LogP contribution in [0.1, 0.15) is 97.3 Å². The summed E-state index contributed by atoms with van der Waals surface area (Å²) < 4.78 is 0. The minimum absolute atomic E-state index is 0.846. The third-order valence-electron chi connectivity index (χ3n) is 4.62. The summed E-state index contributed by atoms with van der Waals surface area (Å²) in [5.41, 5.74) is 0. The Kier molecular flexibility index (Phi) is 9.38. The van der Waals surface area contributed by atoms with Crippen LogP contribution in [0.5, 0.6) is 0 Å². The van der Waals surface area contributed by atoms with Crippen LogP contribution >= 0.6 is 8.58 Å². The monoisotopic (exact) mass is 270 g/mol. The maximum absolute atomic E-state index is 2.32. The Morgan fingerprint density at radius 3 is 1.61 bits per heavy atom. The van der Waals surface area contributed by atoms with Gasteiger partial charge >= 0.3 is 0 Å². The van der Waals surface area contributed by atoms with Crippen LogP contribution in [0.25, 0.3) is 0 Å². The molecule has 0 aliphatic carbocycles. The number of unbranched alkanes of at least 4 members (excludes halogenated alkanes) is 8. The van der Waals surface area contributed by atoms with Crippen molar-refractivity contribution >= 4 is 8.58 Å². The van der Waals surface area contributed by atoms with E-state index < -0.39 is 0 Å². The van der Waals surface area contributed by atoms with Crippen LogP contribution in [0, 0.1) is 0 Å². The summed E-state index contributed by atoms with van der Waals surface area (Å²) in [6, 6.07) is 0. The van der Waals surface area contributed by atoms with Crippen molar-refractivity contribution in [2.75, 3.05) is 6.16 Å². The lowest BCUT2D eigenvalue weighted by Gasteiger charge is -2.42. The maximum atomic E-state index is 2.32. The molecule has 1 heterocycles. The van der Waals surface area contributed by atoms with Crippen LogP contribution in [0.15, 0.2) is 0 Å². The quantitative estimate of drug-likeness (QED) is 0.279. The zero-order chi connectivity index (χ0) is 13.1. The van der Waals surface area contributed by atoms with E-state index in [1.54, 1.807) is 25.4 Å². The van der Waals surface area contributed by atoms with E-state index >= 15 is 0 Å². The number of hydrogen-bond donors (Lipinski definition) is 0. The molecule has 0 N–H and O–H groups in total. The fraction of sp³-hybridized carbons (Fsp3) is 1.00. The highest BCUT2D eigenvalue weighted by Gasteiger charge is 2.35. The summed E-state index contributed by atoms with van der Waals surface area (Å²) in [6.45, 7) is 4.62. The van der Waals surface area contributed by atoms with Crippen molar-refractivity contribution in [1.82, 2.24) is 0 Å². The molecule has 2 unspecified atom stereocenters. The van der Waals surface area contributed by atoms with Gasteiger partial charge in [-0.2, -0.15) is 0 Å². The molecule has 1 rings (SSSR count). The summed E-state index contributed by atoms with van der Waals surface area (Å²) in [7, 11) is 1.31. The summed E-state index contributed by atoms with van der Waals surface area (Å²) >= 11 is 0. The van der Waals surface area contributed by atoms with E-state index in [1.165, 1.54) is 72.8 Å². The summed E-state index contributed by atoms with van der Waals surface area (Å²) in [4.78, 5) is 0. The molecule has 108 valence electrons. The molecule has 0 spiro atoms. The third-order valence-corrected chi connectivity index (χ3v) is 6.62. The van der Waals surface area contributed by atoms with Crippen molar-refractivity contribution in [3.63, 3.8) is 0 Å². The standard InChI is InChI=1S/C17H35P/c1-3-5-7-9-10-12-14-17(15-16-18-17)13-11-8-6-4-2/h18H,3-16H2,1-2H3. The third kappa shape index (κ3) is 6.55. The van der Waals surface area contributed by atoms with Gasteiger partial charge in [-0.25, -0.2) is 0 Å². The Bertz CT molecular complexity index is 184. The molecule has 1 fully saturated rings. The Hall–Kier alpha value is 0.430. The molecule has 0 amide bonds. The topological polar surface area (TPSA) is 0 Å². The van der Waals surface area contributed by atoms with Crippen LogP contribution in [-0.4, -0.2) is 11.3 Å². The Morgan fingerprint density at radius 1 is 0.722 bits per heavy atom. The number of rotatable bonds is 12. The van der Waals surface area contributed by atoms with Crippen molar-refractivity contribution in [2.24, 2.45) is 0 Å². The van der Waals surface area contributed by atoms with E-state index in [-0.39, 0.29) is 0 Å². The molecule has 0 radical (unpaired) electrons. The van der Waals surface area contributed by atoms with E-state index in [2.05, 4.69) is 13.8 Å². The molecule has 1 heteroatoms. The molecule has 18 heavy (non-hydrogen) atoms. The molecule has 0 aromatic rings. The van der Waals surface area contributed by atoms with Crippen LogP contribution in [0.3, 0.4) is 0 Å². The van der Waals surface area contributed by atoms with Gasteiger partial charge in [0.25, 0.3) is 0 Å². The molecule has 0 nitrogen and oxygen atoms in total. The van der Waals surface area contributed by atoms with Crippen molar-refractivity contribution < 1.29 is 0 Å². The Labute approximate surface area is 117 Å². The van der Waals surface area contributed by atoms with Crippen molar-refractivity contribution in [3.05, 3.63) is 0 Å². The van der Waals surface area contributed by atoms with E-state index in [0.29, 0.717) is 0 Å². The minimum Gasteiger partial charge on any atom is -0.116 e. The van der Waals surface area contributed by atoms with Crippen molar-refractivity contribution in [3.8, 4) is 0 Å². The van der Waals surface area contributed by atoms with Crippen molar-refractivity contribution in [1.29, 1.82) is 0 Å². The molecule has 0 saturated carbocycles. The van der Waals surface area contributed by atoms with Gasteiger partial charge in [0.1, 0.15) is 0 Å². The predicted octanol–water partition coefficient (Wildman–Crippen LogP) is 6.53. The van der Waals surface area contributed by atoms with E-state index in [0.717, 1.165) is 5.16 Å². The SMILES string of the molecule is CCCCCCCCC1(CCCCCC)CCP1. The maximum Gasteiger partial charge on any atom is -0.0119 e. The normalized spacial score (nSPS) is 24.3. The zero-order valence-electron chi connectivity index (χ0n) is 12.9. The molecule has 1 saturated heterocycles. The second-order valence-electron chi connectivity index (χ2n) is 6.29. The molecule has 1 aliphatic heterocycles. The summed E-state index contributed by atoms with van der Waals surface area (Å²) in [6.07, 6.45) is 20.9. The van der Waals surface area contributed by atoms with Gasteiger partial charge in [-0.05, 0) is 30.6 Å². The van der Waals surface area contributed by atoms with Gasteiger partial charge in [0.05, 0.1) is 0 Å². The van der Waals surface area contributed by atoms with Gasteiger partial charge < -0.3 is 0 Å². The lowest BCUT2D eigenvalue weighted by Crippen LogP contribution is -2.32. The lowest BCUT2D eigenvalue weighted by molar-refractivity contribution is 0.409. The summed E-state index contributed by atoms with van der Waals surface area (Å²) in [5, 5.41) is 0.846. The Morgan fingerprint density at radius 2 is 1.17 bits per heavy atom.